The third-order valence-electron chi connectivity index (χ3n) is 8.42. The summed E-state index contributed by atoms with van der Waals surface area (Å²) >= 11 is 0. The molecule has 4 aromatic carbocycles. The zero-order chi connectivity index (χ0) is 33.2. The van der Waals surface area contributed by atoms with Gasteiger partial charge in [-0.2, -0.15) is 0 Å². The number of para-hydroxylation sites is 2. The van der Waals surface area contributed by atoms with Crippen LogP contribution in [0.3, 0.4) is 0 Å². The lowest BCUT2D eigenvalue weighted by atomic mass is 10.0. The normalized spacial score (nSPS) is 13.8. The van der Waals surface area contributed by atoms with Crippen LogP contribution < -0.4 is 19.1 Å². The van der Waals surface area contributed by atoms with E-state index in [0.717, 1.165) is 41.1 Å². The number of hydrogen-bond donors (Lipinski definition) is 1. The lowest BCUT2D eigenvalue weighted by Gasteiger charge is -2.34. The van der Waals surface area contributed by atoms with Crippen molar-refractivity contribution in [3.05, 3.63) is 120 Å². The second-order valence-corrected chi connectivity index (χ2v) is 13.4. The number of anilines is 1. The van der Waals surface area contributed by atoms with Crippen LogP contribution in [0.1, 0.15) is 36.8 Å². The summed E-state index contributed by atoms with van der Waals surface area (Å²) in [6, 6.07) is 30.6. The van der Waals surface area contributed by atoms with E-state index in [-0.39, 0.29) is 35.5 Å². The Bertz CT molecular complexity index is 1740. The van der Waals surface area contributed by atoms with Crippen molar-refractivity contribution in [2.75, 3.05) is 25.1 Å². The highest BCUT2D eigenvalue weighted by molar-refractivity contribution is 7.92. The predicted octanol–water partition coefficient (Wildman–Crippen LogP) is 5.60. The first-order valence-electron chi connectivity index (χ1n) is 15.8. The van der Waals surface area contributed by atoms with Gasteiger partial charge in [-0.1, -0.05) is 85.6 Å². The van der Waals surface area contributed by atoms with Crippen molar-refractivity contribution in [1.82, 2.24) is 10.2 Å². The van der Waals surface area contributed by atoms with Gasteiger partial charge in [0.2, 0.25) is 11.8 Å². The van der Waals surface area contributed by atoms with Crippen LogP contribution in [-0.2, 0) is 32.6 Å². The van der Waals surface area contributed by atoms with Gasteiger partial charge in [0.25, 0.3) is 10.0 Å². The fourth-order valence-corrected chi connectivity index (χ4v) is 7.40. The average molecular weight is 656 g/mol. The van der Waals surface area contributed by atoms with Crippen LogP contribution in [-0.4, -0.2) is 58.0 Å². The molecule has 0 aromatic heterocycles. The number of nitrogens with zero attached hydrogens (tertiary/aromatic N) is 2. The van der Waals surface area contributed by atoms with Gasteiger partial charge >= 0.3 is 0 Å². The van der Waals surface area contributed by atoms with Gasteiger partial charge in [-0.15, -0.1) is 0 Å². The molecule has 5 rings (SSSR count). The average Bonchev–Trinajstić information content (AvgIpc) is 3.62. The molecule has 0 bridgehead atoms. The fraction of sp³-hybridized carbons (Fsp3) is 0.297. The Kier molecular flexibility index (Phi) is 11.2. The third-order valence-corrected chi connectivity index (χ3v) is 10.2. The molecule has 0 aliphatic heterocycles. The number of nitrogens with one attached hydrogen (secondary N) is 1. The van der Waals surface area contributed by atoms with E-state index < -0.39 is 28.5 Å². The number of rotatable bonds is 14. The van der Waals surface area contributed by atoms with Gasteiger partial charge in [-0.05, 0) is 60.4 Å². The Morgan fingerprint density at radius 3 is 2.13 bits per heavy atom. The summed E-state index contributed by atoms with van der Waals surface area (Å²) in [6.45, 7) is -0.514. The quantitative estimate of drug-likeness (QED) is 0.190. The Morgan fingerprint density at radius 2 is 1.45 bits per heavy atom. The van der Waals surface area contributed by atoms with E-state index in [1.807, 2.05) is 48.5 Å². The molecular weight excluding hydrogens is 614 g/mol. The molecule has 1 aliphatic rings. The number of hydrogen-bond acceptors (Lipinski definition) is 6. The number of ether oxygens (including phenoxy) is 2. The first-order chi connectivity index (χ1) is 22.8. The van der Waals surface area contributed by atoms with Crippen molar-refractivity contribution >= 4 is 27.5 Å². The lowest BCUT2D eigenvalue weighted by molar-refractivity contribution is -0.140. The number of amides is 2. The molecule has 1 saturated carbocycles. The lowest BCUT2D eigenvalue weighted by Crippen LogP contribution is -2.54. The third kappa shape index (κ3) is 8.31. The molecule has 9 nitrogen and oxygen atoms in total. The van der Waals surface area contributed by atoms with E-state index >= 15 is 0 Å². The fourth-order valence-electron chi connectivity index (χ4n) is 5.96. The molecule has 0 unspecified atom stereocenters. The molecule has 10 heteroatoms. The highest BCUT2D eigenvalue weighted by Gasteiger charge is 2.36. The molecule has 1 N–H and O–H groups in total. The van der Waals surface area contributed by atoms with Crippen molar-refractivity contribution < 1.29 is 27.5 Å². The maximum Gasteiger partial charge on any atom is 0.264 e. The Morgan fingerprint density at radius 1 is 0.809 bits per heavy atom. The van der Waals surface area contributed by atoms with Gasteiger partial charge in [-0.25, -0.2) is 8.42 Å². The summed E-state index contributed by atoms with van der Waals surface area (Å²) in [7, 11) is -1.22. The molecule has 1 aliphatic carbocycles. The van der Waals surface area contributed by atoms with Crippen molar-refractivity contribution in [2.24, 2.45) is 0 Å². The maximum atomic E-state index is 14.7. The highest BCUT2D eigenvalue weighted by atomic mass is 32.2. The predicted molar refractivity (Wildman–Crippen MR) is 182 cm³/mol. The number of sulfonamides is 1. The summed E-state index contributed by atoms with van der Waals surface area (Å²) in [5, 5.41) is 3.19. The second-order valence-electron chi connectivity index (χ2n) is 11.6. The molecule has 0 spiro atoms. The van der Waals surface area contributed by atoms with Crippen LogP contribution in [0.4, 0.5) is 5.69 Å². The molecule has 2 amide bonds. The summed E-state index contributed by atoms with van der Waals surface area (Å²) in [4.78, 5) is 30.4. The van der Waals surface area contributed by atoms with Crippen molar-refractivity contribution in [2.45, 2.75) is 55.6 Å². The zero-order valence-corrected chi connectivity index (χ0v) is 27.6. The minimum atomic E-state index is -4.24. The van der Waals surface area contributed by atoms with Gasteiger partial charge in [0, 0.05) is 19.0 Å². The van der Waals surface area contributed by atoms with Crippen molar-refractivity contribution in [3.63, 3.8) is 0 Å². The van der Waals surface area contributed by atoms with Crippen LogP contribution >= 0.6 is 0 Å². The van der Waals surface area contributed by atoms with Gasteiger partial charge in [0.1, 0.15) is 24.1 Å². The Hall–Kier alpha value is -4.83. The van der Waals surface area contributed by atoms with Crippen molar-refractivity contribution in [1.29, 1.82) is 0 Å². The Balaban J connectivity index is 1.59. The number of methoxy groups -OCH3 is 2. The topological polar surface area (TPSA) is 105 Å². The van der Waals surface area contributed by atoms with Crippen LogP contribution in [0.25, 0.3) is 0 Å². The molecule has 0 radical (unpaired) electrons. The number of carbonyl (C=O) groups is 2. The van der Waals surface area contributed by atoms with Crippen LogP contribution in [0.2, 0.25) is 0 Å². The molecular formula is C37H41N3O6S. The van der Waals surface area contributed by atoms with E-state index in [0.29, 0.717) is 11.5 Å². The second kappa shape index (κ2) is 15.6. The van der Waals surface area contributed by atoms with Crippen LogP contribution in [0.5, 0.6) is 11.5 Å². The maximum absolute atomic E-state index is 14.7. The Labute approximate surface area is 277 Å². The summed E-state index contributed by atoms with van der Waals surface area (Å²) in [6.07, 6.45) is 4.07. The zero-order valence-electron chi connectivity index (χ0n) is 26.7. The van der Waals surface area contributed by atoms with Gasteiger partial charge < -0.3 is 19.7 Å². The molecule has 1 atom stereocenters. The summed E-state index contributed by atoms with van der Waals surface area (Å²) in [5.41, 5.74) is 1.82. The van der Waals surface area contributed by atoms with E-state index in [1.165, 1.54) is 24.1 Å². The van der Waals surface area contributed by atoms with E-state index in [9.17, 15) is 18.0 Å². The van der Waals surface area contributed by atoms with E-state index in [1.54, 1.807) is 55.6 Å². The van der Waals surface area contributed by atoms with Gasteiger partial charge in [0.15, 0.2) is 0 Å². The standard InChI is InChI=1S/C37H41N3O6S/c1-45-31-19-13-16-29(24-31)26-39(34(25-28-14-5-3-6-15-28)37(42)38-30-17-9-10-18-30)36(41)27-40(33-22-11-12-23-35(33)46-2)47(43,44)32-20-7-4-8-21-32/h3-8,11-16,19-24,30,34H,9-10,17-18,25-27H2,1-2H3,(H,38,42)/t34-/m1/s1. The molecule has 4 aromatic rings. The van der Waals surface area contributed by atoms with E-state index in [4.69, 9.17) is 9.47 Å². The molecule has 47 heavy (non-hydrogen) atoms. The monoisotopic (exact) mass is 655 g/mol. The number of benzene rings is 4. The van der Waals surface area contributed by atoms with Crippen molar-refractivity contribution in [3.8, 4) is 11.5 Å². The molecule has 0 heterocycles. The van der Waals surface area contributed by atoms with Gasteiger partial charge in [-0.3, -0.25) is 13.9 Å². The molecule has 1 fully saturated rings. The summed E-state index contributed by atoms with van der Waals surface area (Å²) in [5.74, 6) is 0.0821. The summed E-state index contributed by atoms with van der Waals surface area (Å²) < 4.78 is 40.5. The van der Waals surface area contributed by atoms with Gasteiger partial charge in [0.05, 0.1) is 24.8 Å². The molecule has 246 valence electrons. The largest absolute Gasteiger partial charge is 0.497 e. The van der Waals surface area contributed by atoms with Crippen LogP contribution in [0, 0.1) is 0 Å². The number of carbonyl (C=O) groups excluding carboxylic acids is 2. The molecule has 0 saturated heterocycles. The first-order valence-corrected chi connectivity index (χ1v) is 17.2. The van der Waals surface area contributed by atoms with E-state index in [2.05, 4.69) is 5.32 Å². The SMILES string of the molecule is COc1cccc(CN(C(=O)CN(c2ccccc2OC)S(=O)(=O)c2ccccc2)[C@H](Cc2ccccc2)C(=O)NC2CCCC2)c1. The minimum absolute atomic E-state index is 0.0258. The minimum Gasteiger partial charge on any atom is -0.497 e. The first kappa shape index (κ1) is 33.5. The smallest absolute Gasteiger partial charge is 0.264 e. The van der Waals surface area contributed by atoms with Crippen LogP contribution in [0.15, 0.2) is 114 Å². The highest BCUT2D eigenvalue weighted by Crippen LogP contribution is 2.33.